The molecule has 0 heterocycles. The van der Waals surface area contributed by atoms with Gasteiger partial charge < -0.3 is 0 Å². The van der Waals surface area contributed by atoms with Gasteiger partial charge in [0.1, 0.15) is 16.5 Å². The van der Waals surface area contributed by atoms with E-state index in [0.717, 1.165) is 27.6 Å². The second-order valence-corrected chi connectivity index (χ2v) is 6.78. The predicted octanol–water partition coefficient (Wildman–Crippen LogP) is 3.09. The fraction of sp³-hybridized carbons (Fsp3) is 0.200. The van der Waals surface area contributed by atoms with Crippen molar-refractivity contribution in [1.29, 1.82) is 0 Å². The lowest BCUT2D eigenvalue weighted by atomic mass is 10.1. The van der Waals surface area contributed by atoms with E-state index in [1.165, 1.54) is 7.05 Å². The largest absolute Gasteiger partial charge is 0.246 e. The summed E-state index contributed by atoms with van der Waals surface area (Å²) in [7, 11) is -2.75. The average molecular weight is 311 g/mol. The summed E-state index contributed by atoms with van der Waals surface area (Å²) in [6.07, 6.45) is 0. The summed E-state index contributed by atoms with van der Waals surface area (Å²) < 4.78 is 52.5. The molecule has 0 spiro atoms. The van der Waals surface area contributed by atoms with E-state index in [-0.39, 0.29) is 6.54 Å². The molecule has 0 saturated heterocycles. The zero-order chi connectivity index (χ0) is 15.6. The van der Waals surface area contributed by atoms with Gasteiger partial charge in [0.15, 0.2) is 0 Å². The van der Waals surface area contributed by atoms with Crippen molar-refractivity contribution in [2.75, 3.05) is 7.05 Å². The third-order valence-corrected chi connectivity index (χ3v) is 5.05. The van der Waals surface area contributed by atoms with E-state index in [9.17, 15) is 17.2 Å². The second kappa shape index (κ2) is 5.91. The Bertz CT molecular complexity index is 760. The molecule has 2 aromatic carbocycles. The molecular formula is C15H15F2NO2S. The number of halogens is 2. The summed E-state index contributed by atoms with van der Waals surface area (Å²) in [5.41, 5.74) is 1.74. The summed E-state index contributed by atoms with van der Waals surface area (Å²) in [6.45, 7) is 1.95. The van der Waals surface area contributed by atoms with Gasteiger partial charge in [0.05, 0.1) is 0 Å². The Morgan fingerprint density at radius 1 is 1.10 bits per heavy atom. The van der Waals surface area contributed by atoms with Crippen molar-refractivity contribution in [2.24, 2.45) is 0 Å². The zero-order valence-electron chi connectivity index (χ0n) is 11.7. The Hall–Kier alpha value is -1.79. The summed E-state index contributed by atoms with van der Waals surface area (Å²) in [6, 6.07) is 9.69. The van der Waals surface area contributed by atoms with Gasteiger partial charge in [-0.25, -0.2) is 17.2 Å². The molecule has 6 heteroatoms. The summed E-state index contributed by atoms with van der Waals surface area (Å²) in [5, 5.41) is 0. The van der Waals surface area contributed by atoms with Crippen molar-refractivity contribution in [2.45, 2.75) is 18.4 Å². The molecule has 0 bridgehead atoms. The van der Waals surface area contributed by atoms with Gasteiger partial charge in [-0.3, -0.25) is 0 Å². The first-order valence-electron chi connectivity index (χ1n) is 6.28. The quantitative estimate of drug-likeness (QED) is 0.870. The number of benzene rings is 2. The topological polar surface area (TPSA) is 37.4 Å². The van der Waals surface area contributed by atoms with Gasteiger partial charge in [-0.2, -0.15) is 4.31 Å². The molecule has 0 unspecified atom stereocenters. The molecule has 0 aromatic heterocycles. The molecule has 21 heavy (non-hydrogen) atoms. The van der Waals surface area contributed by atoms with Crippen molar-refractivity contribution in [3.63, 3.8) is 0 Å². The maximum atomic E-state index is 13.7. The third-order valence-electron chi connectivity index (χ3n) is 3.24. The predicted molar refractivity (Wildman–Crippen MR) is 76.2 cm³/mol. The van der Waals surface area contributed by atoms with Crippen LogP contribution in [0.25, 0.3) is 0 Å². The lowest BCUT2D eigenvalue weighted by molar-refractivity contribution is 0.457. The molecule has 0 N–H and O–H groups in total. The number of hydrogen-bond donors (Lipinski definition) is 0. The van der Waals surface area contributed by atoms with Crippen LogP contribution in [0.2, 0.25) is 0 Å². The molecule has 0 saturated carbocycles. The first-order chi connectivity index (χ1) is 9.82. The van der Waals surface area contributed by atoms with Gasteiger partial charge in [-0.1, -0.05) is 24.3 Å². The maximum absolute atomic E-state index is 13.7. The smallest absolute Gasteiger partial charge is 0.207 e. The summed E-state index contributed by atoms with van der Waals surface area (Å²) in [4.78, 5) is -0.654. The van der Waals surface area contributed by atoms with Crippen LogP contribution in [0.3, 0.4) is 0 Å². The van der Waals surface area contributed by atoms with E-state index in [4.69, 9.17) is 0 Å². The van der Waals surface area contributed by atoms with E-state index < -0.39 is 26.6 Å². The molecule has 2 rings (SSSR count). The van der Waals surface area contributed by atoms with Crippen LogP contribution >= 0.6 is 0 Å². The van der Waals surface area contributed by atoms with Gasteiger partial charge >= 0.3 is 0 Å². The normalized spacial score (nSPS) is 11.9. The van der Waals surface area contributed by atoms with Crippen LogP contribution in [0.4, 0.5) is 8.78 Å². The highest BCUT2D eigenvalue weighted by Crippen LogP contribution is 2.21. The van der Waals surface area contributed by atoms with Crippen molar-refractivity contribution < 1.29 is 17.2 Å². The zero-order valence-corrected chi connectivity index (χ0v) is 12.5. The molecule has 0 aliphatic carbocycles. The molecule has 0 aliphatic heterocycles. The number of hydrogen-bond acceptors (Lipinski definition) is 2. The van der Waals surface area contributed by atoms with Crippen molar-refractivity contribution >= 4 is 10.0 Å². The molecule has 0 radical (unpaired) electrons. The van der Waals surface area contributed by atoms with Crippen LogP contribution in [-0.2, 0) is 16.6 Å². The van der Waals surface area contributed by atoms with Gasteiger partial charge in [0, 0.05) is 13.6 Å². The van der Waals surface area contributed by atoms with Crippen molar-refractivity contribution in [3.05, 3.63) is 65.2 Å². The molecular weight excluding hydrogens is 296 g/mol. The highest BCUT2D eigenvalue weighted by molar-refractivity contribution is 7.89. The van der Waals surface area contributed by atoms with Crippen LogP contribution in [0, 0.1) is 18.6 Å². The molecule has 0 amide bonds. The maximum Gasteiger partial charge on any atom is 0.246 e. The minimum atomic E-state index is -4.09. The van der Waals surface area contributed by atoms with Crippen LogP contribution < -0.4 is 0 Å². The molecule has 112 valence electrons. The highest BCUT2D eigenvalue weighted by atomic mass is 32.2. The minimum absolute atomic E-state index is 0.0883. The molecule has 3 nitrogen and oxygen atoms in total. The fourth-order valence-corrected chi connectivity index (χ4v) is 3.18. The Labute approximate surface area is 122 Å². The first-order valence-corrected chi connectivity index (χ1v) is 7.72. The van der Waals surface area contributed by atoms with Gasteiger partial charge in [0.2, 0.25) is 10.0 Å². The number of aryl methyl sites for hydroxylation is 1. The van der Waals surface area contributed by atoms with E-state index in [1.807, 2.05) is 19.1 Å². The standard InChI is InChI=1S/C15H15F2NO2S/c1-11-5-3-4-6-12(11)10-18(2)21(19,20)15-9-13(16)7-8-14(15)17/h3-9H,10H2,1-2H3. The monoisotopic (exact) mass is 311 g/mol. The molecule has 2 aromatic rings. The van der Waals surface area contributed by atoms with E-state index in [2.05, 4.69) is 0 Å². The second-order valence-electron chi connectivity index (χ2n) is 4.76. The third kappa shape index (κ3) is 3.28. The first kappa shape index (κ1) is 15.6. The van der Waals surface area contributed by atoms with E-state index >= 15 is 0 Å². The van der Waals surface area contributed by atoms with Crippen LogP contribution in [0.15, 0.2) is 47.4 Å². The number of sulfonamides is 1. The average Bonchev–Trinajstić information content (AvgIpc) is 2.43. The van der Waals surface area contributed by atoms with E-state index in [1.54, 1.807) is 12.1 Å². The fourth-order valence-electron chi connectivity index (χ4n) is 1.96. The summed E-state index contributed by atoms with van der Waals surface area (Å²) in [5.74, 6) is -1.76. The Morgan fingerprint density at radius 2 is 1.76 bits per heavy atom. The summed E-state index contributed by atoms with van der Waals surface area (Å²) >= 11 is 0. The lowest BCUT2D eigenvalue weighted by Gasteiger charge is -2.18. The van der Waals surface area contributed by atoms with Crippen LogP contribution in [0.5, 0.6) is 0 Å². The van der Waals surface area contributed by atoms with Crippen LogP contribution in [0.1, 0.15) is 11.1 Å². The lowest BCUT2D eigenvalue weighted by Crippen LogP contribution is -2.27. The minimum Gasteiger partial charge on any atom is -0.207 e. The van der Waals surface area contributed by atoms with Gasteiger partial charge in [0.25, 0.3) is 0 Å². The molecule has 0 atom stereocenters. The van der Waals surface area contributed by atoms with Gasteiger partial charge in [-0.05, 0) is 36.2 Å². The molecule has 0 aliphatic rings. The number of nitrogens with zero attached hydrogens (tertiary/aromatic N) is 1. The van der Waals surface area contributed by atoms with Crippen LogP contribution in [-0.4, -0.2) is 19.8 Å². The van der Waals surface area contributed by atoms with Crippen molar-refractivity contribution in [3.8, 4) is 0 Å². The SMILES string of the molecule is Cc1ccccc1CN(C)S(=O)(=O)c1cc(F)ccc1F. The molecule has 0 fully saturated rings. The number of rotatable bonds is 4. The van der Waals surface area contributed by atoms with Crippen molar-refractivity contribution in [1.82, 2.24) is 4.31 Å². The highest BCUT2D eigenvalue weighted by Gasteiger charge is 2.25. The van der Waals surface area contributed by atoms with E-state index in [0.29, 0.717) is 6.07 Å². The Kier molecular flexibility index (Phi) is 4.39. The van der Waals surface area contributed by atoms with Gasteiger partial charge in [-0.15, -0.1) is 0 Å². The Morgan fingerprint density at radius 3 is 2.43 bits per heavy atom. The Balaban J connectivity index is 2.35.